The summed E-state index contributed by atoms with van der Waals surface area (Å²) in [7, 11) is -7.14. The van der Waals surface area contributed by atoms with Crippen LogP contribution in [0.4, 0.5) is 8.78 Å². The molecule has 0 N–H and O–H groups in total. The van der Waals surface area contributed by atoms with Gasteiger partial charge in [-0.3, -0.25) is 4.98 Å². The molecule has 0 spiro atoms. The SMILES string of the molecule is O=S(=O)(Cc1ccc(F)cc1Cl)c1cccc2c1CCCC2.O=S(=O)(Cc1ccc(F)cc1Cl)c1cccc2cccnc12. The summed E-state index contributed by atoms with van der Waals surface area (Å²) in [5.74, 6) is -1.48. The van der Waals surface area contributed by atoms with Crippen LogP contribution in [0.15, 0.2) is 101 Å². The number of pyridine rings is 1. The number of hydrogen-bond acceptors (Lipinski definition) is 5. The van der Waals surface area contributed by atoms with E-state index in [2.05, 4.69) is 4.98 Å². The molecule has 5 aromatic rings. The zero-order valence-electron chi connectivity index (χ0n) is 23.3. The summed E-state index contributed by atoms with van der Waals surface area (Å²) < 4.78 is 77.0. The topological polar surface area (TPSA) is 81.2 Å². The predicted octanol–water partition coefficient (Wildman–Crippen LogP) is 8.33. The van der Waals surface area contributed by atoms with Crippen molar-refractivity contribution in [3.63, 3.8) is 0 Å². The molecule has 228 valence electrons. The van der Waals surface area contributed by atoms with Crippen molar-refractivity contribution >= 4 is 53.8 Å². The van der Waals surface area contributed by atoms with E-state index >= 15 is 0 Å². The molecule has 0 saturated heterocycles. The van der Waals surface area contributed by atoms with Crippen LogP contribution in [0.2, 0.25) is 10.0 Å². The van der Waals surface area contributed by atoms with Gasteiger partial charge in [-0.05, 0) is 90.4 Å². The number of aryl methyl sites for hydroxylation is 1. The van der Waals surface area contributed by atoms with Crippen LogP contribution >= 0.6 is 23.2 Å². The van der Waals surface area contributed by atoms with E-state index < -0.39 is 31.3 Å². The number of hydrogen-bond donors (Lipinski definition) is 0. The summed E-state index contributed by atoms with van der Waals surface area (Å²) in [5, 5.41) is 0.985. The first-order valence-corrected chi connectivity index (χ1v) is 17.8. The molecule has 0 amide bonds. The maximum absolute atomic E-state index is 13.1. The highest BCUT2D eigenvalue weighted by Gasteiger charge is 2.24. The molecule has 0 radical (unpaired) electrons. The first kappa shape index (κ1) is 32.0. The van der Waals surface area contributed by atoms with Gasteiger partial charge in [-0.15, -0.1) is 0 Å². The molecule has 0 saturated carbocycles. The Morgan fingerprint density at radius 1 is 0.659 bits per heavy atom. The van der Waals surface area contributed by atoms with Gasteiger partial charge in [0, 0.05) is 21.6 Å². The monoisotopic (exact) mass is 673 g/mol. The molecule has 1 aliphatic carbocycles. The van der Waals surface area contributed by atoms with Gasteiger partial charge in [0.15, 0.2) is 19.7 Å². The maximum atomic E-state index is 13.1. The minimum atomic E-state index is -3.64. The van der Waals surface area contributed by atoms with Crippen molar-refractivity contribution in [1.29, 1.82) is 0 Å². The van der Waals surface area contributed by atoms with Crippen molar-refractivity contribution in [2.24, 2.45) is 0 Å². The summed E-state index contributed by atoms with van der Waals surface area (Å²) >= 11 is 11.9. The number of nitrogens with zero attached hydrogens (tertiary/aromatic N) is 1. The molecule has 11 heteroatoms. The minimum absolute atomic E-state index is 0.0942. The lowest BCUT2D eigenvalue weighted by Gasteiger charge is -2.19. The number of aromatic nitrogens is 1. The van der Waals surface area contributed by atoms with E-state index in [0.717, 1.165) is 54.3 Å². The molecule has 4 aromatic carbocycles. The van der Waals surface area contributed by atoms with Crippen LogP contribution in [0.1, 0.15) is 35.1 Å². The van der Waals surface area contributed by atoms with Gasteiger partial charge in [-0.25, -0.2) is 25.6 Å². The molecule has 0 unspecified atom stereocenters. The van der Waals surface area contributed by atoms with Gasteiger partial charge in [-0.1, -0.05) is 65.7 Å². The summed E-state index contributed by atoms with van der Waals surface area (Å²) in [6.07, 6.45) is 5.38. The third kappa shape index (κ3) is 7.29. The Bertz CT molecular complexity index is 2070. The van der Waals surface area contributed by atoms with Crippen LogP contribution in [-0.4, -0.2) is 21.8 Å². The van der Waals surface area contributed by atoms with Crippen LogP contribution in [0.3, 0.4) is 0 Å². The zero-order valence-corrected chi connectivity index (χ0v) is 26.5. The van der Waals surface area contributed by atoms with Crippen molar-refractivity contribution in [3.05, 3.63) is 135 Å². The number of benzene rings is 4. The van der Waals surface area contributed by atoms with Gasteiger partial charge in [0.1, 0.15) is 11.6 Å². The van der Waals surface area contributed by atoms with Gasteiger partial charge in [0.2, 0.25) is 0 Å². The quantitative estimate of drug-likeness (QED) is 0.181. The van der Waals surface area contributed by atoms with Crippen molar-refractivity contribution < 1.29 is 25.6 Å². The van der Waals surface area contributed by atoms with E-state index in [1.54, 1.807) is 42.6 Å². The van der Waals surface area contributed by atoms with Gasteiger partial charge in [0.05, 0.1) is 26.8 Å². The molecule has 0 fully saturated rings. The molecule has 6 rings (SSSR count). The first-order chi connectivity index (χ1) is 20.9. The molecule has 44 heavy (non-hydrogen) atoms. The molecule has 5 nitrogen and oxygen atoms in total. The van der Waals surface area contributed by atoms with Gasteiger partial charge >= 0.3 is 0 Å². The maximum Gasteiger partial charge on any atom is 0.184 e. The summed E-state index contributed by atoms with van der Waals surface area (Å²) in [4.78, 5) is 4.69. The fraction of sp³-hybridized carbons (Fsp3) is 0.182. The first-order valence-electron chi connectivity index (χ1n) is 13.7. The van der Waals surface area contributed by atoms with Gasteiger partial charge in [0.25, 0.3) is 0 Å². The van der Waals surface area contributed by atoms with Crippen LogP contribution in [0.5, 0.6) is 0 Å². The molecule has 1 aliphatic rings. The lowest BCUT2D eigenvalue weighted by Crippen LogP contribution is -2.13. The second kappa shape index (κ2) is 13.3. The van der Waals surface area contributed by atoms with E-state index in [-0.39, 0.29) is 26.4 Å². The fourth-order valence-corrected chi connectivity index (χ4v) is 9.11. The number of rotatable bonds is 6. The van der Waals surface area contributed by atoms with Crippen molar-refractivity contribution in [2.75, 3.05) is 0 Å². The molecular weight excluding hydrogens is 647 g/mol. The Morgan fingerprint density at radius 3 is 1.84 bits per heavy atom. The zero-order chi connectivity index (χ0) is 31.5. The standard InChI is InChI=1S/C17H16ClFO2S.C16H11ClFNO2S/c18-16-10-14(19)9-8-13(16)11-22(20,21)17-7-3-5-12-4-1-2-6-15(12)17;17-14-9-13(18)7-6-12(14)10-22(20,21)15-5-1-3-11-4-2-8-19-16(11)15/h3,5,7-10H,1-2,4,6,11H2;1-9H,10H2. The summed E-state index contributed by atoms with van der Waals surface area (Å²) in [6.45, 7) is 0. The van der Waals surface area contributed by atoms with E-state index in [0.29, 0.717) is 21.5 Å². The van der Waals surface area contributed by atoms with Gasteiger partial charge < -0.3 is 0 Å². The Hall–Kier alpha value is -3.37. The smallest absolute Gasteiger partial charge is 0.184 e. The second-order valence-electron chi connectivity index (χ2n) is 10.4. The Morgan fingerprint density at radius 2 is 1.20 bits per heavy atom. The molecular formula is C33H27Cl2F2NO4S2. The Labute approximate surface area is 265 Å². The number of para-hydroxylation sites is 1. The highest BCUT2D eigenvalue weighted by molar-refractivity contribution is 7.91. The number of sulfone groups is 2. The largest absolute Gasteiger partial charge is 0.255 e. The lowest BCUT2D eigenvalue weighted by molar-refractivity contribution is 0.590. The van der Waals surface area contributed by atoms with Crippen LogP contribution in [0, 0.1) is 11.6 Å². The number of halogens is 4. The summed E-state index contributed by atoms with van der Waals surface area (Å²) in [6, 6.07) is 21.5. The van der Waals surface area contributed by atoms with E-state index in [4.69, 9.17) is 23.2 Å². The normalized spacial score (nSPS) is 13.2. The lowest BCUT2D eigenvalue weighted by atomic mass is 9.92. The summed E-state index contributed by atoms with van der Waals surface area (Å²) in [5.41, 5.74) is 3.26. The highest BCUT2D eigenvalue weighted by atomic mass is 35.5. The van der Waals surface area contributed by atoms with Crippen molar-refractivity contribution in [2.45, 2.75) is 47.0 Å². The predicted molar refractivity (Wildman–Crippen MR) is 169 cm³/mol. The minimum Gasteiger partial charge on any atom is -0.255 e. The molecule has 1 aromatic heterocycles. The van der Waals surface area contributed by atoms with Crippen molar-refractivity contribution in [1.82, 2.24) is 4.98 Å². The highest BCUT2D eigenvalue weighted by Crippen LogP contribution is 2.31. The van der Waals surface area contributed by atoms with Crippen molar-refractivity contribution in [3.8, 4) is 0 Å². The third-order valence-corrected chi connectivity index (χ3v) is 11.5. The second-order valence-corrected chi connectivity index (χ2v) is 15.2. The third-order valence-electron chi connectivity index (χ3n) is 7.34. The van der Waals surface area contributed by atoms with Gasteiger partial charge in [-0.2, -0.15) is 0 Å². The van der Waals surface area contributed by atoms with E-state index in [9.17, 15) is 25.6 Å². The Kier molecular flexibility index (Phi) is 9.70. The van der Waals surface area contributed by atoms with Crippen LogP contribution in [0.25, 0.3) is 10.9 Å². The van der Waals surface area contributed by atoms with E-state index in [1.165, 1.54) is 30.3 Å². The fourth-order valence-electron chi connectivity index (χ4n) is 5.21. The molecule has 1 heterocycles. The molecule has 0 bridgehead atoms. The average Bonchev–Trinajstić information content (AvgIpc) is 3.00. The molecule has 0 aliphatic heterocycles. The van der Waals surface area contributed by atoms with E-state index in [1.807, 2.05) is 6.07 Å². The number of fused-ring (bicyclic) bond motifs is 2. The Balaban J connectivity index is 0.000000175. The van der Waals surface area contributed by atoms with Crippen LogP contribution < -0.4 is 0 Å². The molecule has 0 atom stereocenters. The average molecular weight is 675 g/mol. The van der Waals surface area contributed by atoms with Crippen LogP contribution in [-0.2, 0) is 44.0 Å².